The van der Waals surface area contributed by atoms with Gasteiger partial charge in [0.15, 0.2) is 29.1 Å². The largest absolute Gasteiger partial charge is 0.493 e. The number of para-hydroxylation sites is 1. The van der Waals surface area contributed by atoms with E-state index >= 15 is 0 Å². The lowest BCUT2D eigenvalue weighted by molar-refractivity contribution is -0.157. The van der Waals surface area contributed by atoms with E-state index in [9.17, 15) is 14.4 Å². The van der Waals surface area contributed by atoms with Crippen LogP contribution in [-0.2, 0) is 19.1 Å². The van der Waals surface area contributed by atoms with Crippen molar-refractivity contribution in [2.75, 3.05) is 13.9 Å². The van der Waals surface area contributed by atoms with Crippen LogP contribution in [0.3, 0.4) is 0 Å². The molecule has 10 nitrogen and oxygen atoms in total. The van der Waals surface area contributed by atoms with Gasteiger partial charge in [0.2, 0.25) is 6.79 Å². The summed E-state index contributed by atoms with van der Waals surface area (Å²) >= 11 is 1.39. The van der Waals surface area contributed by atoms with Gasteiger partial charge in [-0.2, -0.15) is 0 Å². The molecule has 11 heteroatoms. The topological polar surface area (TPSA) is 123 Å². The number of esters is 2. The fraction of sp³-hybridized carbons (Fsp3) is 0.346. The predicted molar refractivity (Wildman–Crippen MR) is 134 cm³/mol. The van der Waals surface area contributed by atoms with Crippen LogP contribution in [-0.4, -0.2) is 47.7 Å². The minimum atomic E-state index is -0.794. The standard InChI is InChI=1S/C26H28N2O8S/c1-16(14-20(30)22-24(34-15-33-18(3)29)21(32-4)10-11-27-22)26(31)35-17(2)23(25-28-12-13-37-25)36-19-8-6-5-7-9-19/h5-13,16-17,23H,14-15H2,1-4H3/t16-,17+,23?/m1/s1. The normalized spacial score (nSPS) is 13.1. The summed E-state index contributed by atoms with van der Waals surface area (Å²) < 4.78 is 27.2. The first-order valence-corrected chi connectivity index (χ1v) is 12.3. The third-order valence-corrected chi connectivity index (χ3v) is 5.98. The van der Waals surface area contributed by atoms with E-state index in [-0.39, 0.29) is 23.6 Å². The Kier molecular flexibility index (Phi) is 9.96. The van der Waals surface area contributed by atoms with Gasteiger partial charge >= 0.3 is 11.9 Å². The molecule has 196 valence electrons. The second-order valence-electron chi connectivity index (χ2n) is 7.98. The molecule has 2 heterocycles. The number of carbonyl (C=O) groups is 3. The number of hydrogen-bond donors (Lipinski definition) is 0. The Bertz CT molecular complexity index is 1190. The van der Waals surface area contributed by atoms with Gasteiger partial charge in [-0.25, -0.2) is 9.97 Å². The van der Waals surface area contributed by atoms with E-state index in [0.717, 1.165) is 0 Å². The number of hydrogen-bond acceptors (Lipinski definition) is 11. The summed E-state index contributed by atoms with van der Waals surface area (Å²) in [5.74, 6) is -1.52. The Morgan fingerprint density at radius 2 is 1.78 bits per heavy atom. The van der Waals surface area contributed by atoms with Crippen LogP contribution in [0.2, 0.25) is 0 Å². The van der Waals surface area contributed by atoms with Crippen molar-refractivity contribution in [2.24, 2.45) is 5.92 Å². The highest BCUT2D eigenvalue weighted by Gasteiger charge is 2.30. The van der Waals surface area contributed by atoms with Gasteiger partial charge in [0.05, 0.1) is 13.0 Å². The molecule has 0 saturated carbocycles. The summed E-state index contributed by atoms with van der Waals surface area (Å²) in [6.07, 6.45) is 1.52. The zero-order chi connectivity index (χ0) is 26.8. The summed E-state index contributed by atoms with van der Waals surface area (Å²) in [6, 6.07) is 10.7. The van der Waals surface area contributed by atoms with Crippen molar-refractivity contribution >= 4 is 29.1 Å². The van der Waals surface area contributed by atoms with Crippen LogP contribution in [0.4, 0.5) is 0 Å². The van der Waals surface area contributed by atoms with Crippen LogP contribution in [0, 0.1) is 5.92 Å². The van der Waals surface area contributed by atoms with Crippen molar-refractivity contribution in [1.82, 2.24) is 9.97 Å². The average Bonchev–Trinajstić information content (AvgIpc) is 3.42. The second-order valence-corrected chi connectivity index (χ2v) is 8.91. The molecule has 1 aromatic carbocycles. The minimum absolute atomic E-state index is 0.0188. The number of rotatable bonds is 13. The molecule has 3 rings (SSSR count). The molecule has 3 aromatic rings. The molecule has 0 spiro atoms. The van der Waals surface area contributed by atoms with E-state index < -0.39 is 42.6 Å². The Labute approximate surface area is 218 Å². The number of nitrogens with zero attached hydrogens (tertiary/aromatic N) is 2. The maximum absolute atomic E-state index is 13.0. The fourth-order valence-corrected chi connectivity index (χ4v) is 4.04. The van der Waals surface area contributed by atoms with Gasteiger partial charge in [0.1, 0.15) is 16.9 Å². The lowest BCUT2D eigenvalue weighted by Crippen LogP contribution is -2.30. The molecule has 2 aromatic heterocycles. The maximum atomic E-state index is 13.0. The zero-order valence-electron chi connectivity index (χ0n) is 20.9. The number of ketones is 1. The number of ether oxygens (including phenoxy) is 5. The van der Waals surface area contributed by atoms with Crippen LogP contribution in [0.15, 0.2) is 54.2 Å². The van der Waals surface area contributed by atoms with Crippen molar-refractivity contribution in [2.45, 2.75) is 39.4 Å². The average molecular weight is 529 g/mol. The Balaban J connectivity index is 1.68. The Morgan fingerprint density at radius 1 is 1.03 bits per heavy atom. The van der Waals surface area contributed by atoms with Crippen molar-refractivity contribution < 1.29 is 38.1 Å². The number of aromatic nitrogens is 2. The van der Waals surface area contributed by atoms with Gasteiger partial charge in [-0.3, -0.25) is 14.4 Å². The molecule has 0 aliphatic carbocycles. The van der Waals surface area contributed by atoms with Gasteiger partial charge in [-0.05, 0) is 19.1 Å². The highest BCUT2D eigenvalue weighted by atomic mass is 32.1. The summed E-state index contributed by atoms with van der Waals surface area (Å²) in [7, 11) is 1.40. The summed E-state index contributed by atoms with van der Waals surface area (Å²) in [4.78, 5) is 45.4. The van der Waals surface area contributed by atoms with Crippen LogP contribution >= 0.6 is 11.3 Å². The SMILES string of the molecule is COc1ccnc(C(=O)C[C@@H](C)C(=O)O[C@@H](C)C(Oc2ccccc2)c2nccs2)c1OCOC(C)=O. The van der Waals surface area contributed by atoms with Crippen molar-refractivity contribution in [3.8, 4) is 17.2 Å². The number of methoxy groups -OCH3 is 1. The summed E-state index contributed by atoms with van der Waals surface area (Å²) in [5, 5.41) is 2.47. The molecule has 0 radical (unpaired) electrons. The van der Waals surface area contributed by atoms with Crippen molar-refractivity contribution in [3.05, 3.63) is 64.9 Å². The molecule has 0 fully saturated rings. The quantitative estimate of drug-likeness (QED) is 0.179. The van der Waals surface area contributed by atoms with Gasteiger partial charge in [0, 0.05) is 37.2 Å². The van der Waals surface area contributed by atoms with Crippen molar-refractivity contribution in [3.63, 3.8) is 0 Å². The monoisotopic (exact) mass is 528 g/mol. The zero-order valence-corrected chi connectivity index (χ0v) is 21.7. The highest BCUT2D eigenvalue weighted by Crippen LogP contribution is 2.32. The van der Waals surface area contributed by atoms with E-state index in [1.165, 1.54) is 37.6 Å². The number of Topliss-reactive ketones (excluding diaryl/α,β-unsaturated/α-hetero) is 1. The first-order chi connectivity index (χ1) is 17.8. The first kappa shape index (κ1) is 27.6. The molecular formula is C26H28N2O8S. The van der Waals surface area contributed by atoms with Gasteiger partial charge in [0.25, 0.3) is 0 Å². The van der Waals surface area contributed by atoms with E-state index in [4.69, 9.17) is 23.7 Å². The minimum Gasteiger partial charge on any atom is -0.493 e. The van der Waals surface area contributed by atoms with E-state index in [1.54, 1.807) is 32.2 Å². The van der Waals surface area contributed by atoms with Crippen LogP contribution in [0.5, 0.6) is 17.2 Å². The van der Waals surface area contributed by atoms with E-state index in [1.807, 2.05) is 23.6 Å². The molecular weight excluding hydrogens is 500 g/mol. The van der Waals surface area contributed by atoms with Crippen LogP contribution in [0.25, 0.3) is 0 Å². The number of benzene rings is 1. The summed E-state index contributed by atoms with van der Waals surface area (Å²) in [6.45, 7) is 4.11. The number of pyridine rings is 1. The highest BCUT2D eigenvalue weighted by molar-refractivity contribution is 7.09. The smallest absolute Gasteiger partial charge is 0.309 e. The molecule has 0 aliphatic heterocycles. The first-order valence-electron chi connectivity index (χ1n) is 11.4. The summed E-state index contributed by atoms with van der Waals surface area (Å²) in [5.41, 5.74) is -0.0488. The predicted octanol–water partition coefficient (Wildman–Crippen LogP) is 4.41. The van der Waals surface area contributed by atoms with E-state index in [2.05, 4.69) is 9.97 Å². The van der Waals surface area contributed by atoms with Crippen LogP contribution < -0.4 is 14.2 Å². The third-order valence-electron chi connectivity index (χ3n) is 5.14. The molecule has 0 amide bonds. The lowest BCUT2D eigenvalue weighted by atomic mass is 10.0. The lowest BCUT2D eigenvalue weighted by Gasteiger charge is -2.24. The van der Waals surface area contributed by atoms with E-state index in [0.29, 0.717) is 10.8 Å². The molecule has 0 N–H and O–H groups in total. The van der Waals surface area contributed by atoms with Gasteiger partial charge in [-0.1, -0.05) is 25.1 Å². The number of thiazole rings is 1. The maximum Gasteiger partial charge on any atom is 0.309 e. The Morgan fingerprint density at radius 3 is 2.43 bits per heavy atom. The number of carbonyl (C=O) groups excluding carboxylic acids is 3. The molecule has 0 bridgehead atoms. The third kappa shape index (κ3) is 7.74. The van der Waals surface area contributed by atoms with Gasteiger partial charge in [-0.15, -0.1) is 11.3 Å². The van der Waals surface area contributed by atoms with Gasteiger partial charge < -0.3 is 23.7 Å². The Hall–Kier alpha value is -3.99. The van der Waals surface area contributed by atoms with Crippen molar-refractivity contribution in [1.29, 1.82) is 0 Å². The fourth-order valence-electron chi connectivity index (χ4n) is 3.29. The molecule has 0 saturated heterocycles. The second kappa shape index (κ2) is 13.4. The molecule has 1 unspecified atom stereocenters. The molecule has 3 atom stereocenters. The molecule has 37 heavy (non-hydrogen) atoms. The van der Waals surface area contributed by atoms with Crippen LogP contribution in [0.1, 0.15) is 48.8 Å². The molecule has 0 aliphatic rings.